The van der Waals surface area contributed by atoms with E-state index in [0.717, 1.165) is 0 Å². The third-order valence-electron chi connectivity index (χ3n) is 6.89. The minimum atomic E-state index is -0.961. The highest BCUT2D eigenvalue weighted by Crippen LogP contribution is 2.34. The van der Waals surface area contributed by atoms with Crippen LogP contribution in [-0.4, -0.2) is 90.1 Å². The topological polar surface area (TPSA) is 115 Å². The van der Waals surface area contributed by atoms with Gasteiger partial charge in [0.2, 0.25) is 5.91 Å². The van der Waals surface area contributed by atoms with Crippen LogP contribution in [0.15, 0.2) is 0 Å². The van der Waals surface area contributed by atoms with Crippen molar-refractivity contribution in [1.29, 1.82) is 0 Å². The standard InChI is InChI=1S/C23H41NO8/c1-15-17(32-19-14-23(4,29-6)20(26)16(2)31-19)8-11-22(3,28)10-7-12-24(5)18(25)9-13-30-21(15)27/h15-17,19-20,26,28H,7-14H2,1-6H3/t15-,16+,17+,19+,20+,22-,23-/m1/s1. The zero-order valence-electron chi connectivity index (χ0n) is 20.3. The number of cyclic esters (lactones) is 1. The maximum absolute atomic E-state index is 12.7. The lowest BCUT2D eigenvalue weighted by Crippen LogP contribution is -2.57. The first kappa shape index (κ1) is 27.0. The average molecular weight is 460 g/mol. The Morgan fingerprint density at radius 1 is 1.19 bits per heavy atom. The minimum absolute atomic E-state index is 0.0156. The van der Waals surface area contributed by atoms with Crippen LogP contribution in [-0.2, 0) is 28.5 Å². The summed E-state index contributed by atoms with van der Waals surface area (Å²) in [7, 11) is 3.25. The number of hydrogen-bond donors (Lipinski definition) is 2. The zero-order valence-corrected chi connectivity index (χ0v) is 20.3. The molecular formula is C23H41NO8. The minimum Gasteiger partial charge on any atom is -0.465 e. The third-order valence-corrected chi connectivity index (χ3v) is 6.89. The number of amides is 1. The molecule has 2 N–H and O–H groups in total. The van der Waals surface area contributed by atoms with Gasteiger partial charge in [-0.05, 0) is 53.4 Å². The predicted molar refractivity (Wildman–Crippen MR) is 117 cm³/mol. The molecule has 0 unspecified atom stereocenters. The molecule has 0 saturated carbocycles. The summed E-state index contributed by atoms with van der Waals surface area (Å²) >= 11 is 0. The molecule has 7 atom stereocenters. The van der Waals surface area contributed by atoms with Gasteiger partial charge >= 0.3 is 5.97 Å². The Balaban J connectivity index is 2.15. The highest BCUT2D eigenvalue weighted by atomic mass is 16.7. The van der Waals surface area contributed by atoms with Gasteiger partial charge in [0, 0.05) is 27.1 Å². The molecule has 2 aliphatic rings. The summed E-state index contributed by atoms with van der Waals surface area (Å²) in [6.07, 6.45) is -0.112. The Labute approximate surface area is 191 Å². The fourth-order valence-electron chi connectivity index (χ4n) is 4.34. The number of nitrogens with zero attached hydrogens (tertiary/aromatic N) is 1. The number of aliphatic hydroxyl groups excluding tert-OH is 1. The van der Waals surface area contributed by atoms with Crippen molar-refractivity contribution in [2.75, 3.05) is 27.3 Å². The lowest BCUT2D eigenvalue weighted by atomic mass is 9.87. The largest absolute Gasteiger partial charge is 0.465 e. The number of carbonyl (C=O) groups is 2. The molecule has 2 fully saturated rings. The molecule has 0 aromatic heterocycles. The fourth-order valence-corrected chi connectivity index (χ4v) is 4.34. The van der Waals surface area contributed by atoms with Crippen molar-refractivity contribution in [3.8, 4) is 0 Å². The van der Waals surface area contributed by atoms with Gasteiger partial charge in [-0.2, -0.15) is 0 Å². The number of ether oxygens (including phenoxy) is 4. The van der Waals surface area contributed by atoms with Gasteiger partial charge in [0.15, 0.2) is 6.29 Å². The van der Waals surface area contributed by atoms with Crippen LogP contribution in [0.25, 0.3) is 0 Å². The van der Waals surface area contributed by atoms with E-state index in [1.807, 2.05) is 0 Å². The smallest absolute Gasteiger partial charge is 0.311 e. The van der Waals surface area contributed by atoms with Crippen molar-refractivity contribution < 1.29 is 38.7 Å². The van der Waals surface area contributed by atoms with Gasteiger partial charge in [-0.1, -0.05) is 0 Å². The van der Waals surface area contributed by atoms with Crippen molar-refractivity contribution in [3.05, 3.63) is 0 Å². The zero-order chi connectivity index (χ0) is 24.1. The van der Waals surface area contributed by atoms with Crippen LogP contribution < -0.4 is 0 Å². The molecule has 2 aliphatic heterocycles. The number of aliphatic hydroxyl groups is 2. The van der Waals surface area contributed by atoms with Crippen LogP contribution in [0.5, 0.6) is 0 Å². The molecule has 9 heteroatoms. The molecule has 186 valence electrons. The Kier molecular flexibility index (Phi) is 9.48. The Morgan fingerprint density at radius 2 is 1.88 bits per heavy atom. The van der Waals surface area contributed by atoms with Gasteiger partial charge < -0.3 is 34.1 Å². The van der Waals surface area contributed by atoms with Crippen LogP contribution in [0.3, 0.4) is 0 Å². The fraction of sp³-hybridized carbons (Fsp3) is 0.913. The number of methoxy groups -OCH3 is 1. The molecule has 2 rings (SSSR count). The summed E-state index contributed by atoms with van der Waals surface area (Å²) in [5.41, 5.74) is -1.80. The van der Waals surface area contributed by atoms with Gasteiger partial charge in [-0.15, -0.1) is 0 Å². The molecule has 0 spiro atoms. The molecule has 0 bridgehead atoms. The summed E-state index contributed by atoms with van der Waals surface area (Å²) in [6.45, 7) is 7.58. The highest BCUT2D eigenvalue weighted by molar-refractivity contribution is 5.77. The van der Waals surface area contributed by atoms with E-state index in [4.69, 9.17) is 18.9 Å². The van der Waals surface area contributed by atoms with E-state index < -0.39 is 47.7 Å². The second-order valence-corrected chi connectivity index (χ2v) is 9.77. The Morgan fingerprint density at radius 3 is 2.53 bits per heavy atom. The molecule has 2 saturated heterocycles. The highest BCUT2D eigenvalue weighted by Gasteiger charge is 2.46. The molecule has 1 amide bonds. The molecule has 9 nitrogen and oxygen atoms in total. The SMILES string of the molecule is CO[C@]1(C)C[C@H](O[C@H]2CC[C@](C)(O)CCCN(C)C(=O)CCOC(=O)[C@@H]2C)O[C@@H](C)[C@@H]1O. The van der Waals surface area contributed by atoms with Gasteiger partial charge in [-0.25, -0.2) is 0 Å². The summed E-state index contributed by atoms with van der Waals surface area (Å²) in [5.74, 6) is -1.18. The number of rotatable bonds is 3. The first-order valence-corrected chi connectivity index (χ1v) is 11.6. The van der Waals surface area contributed by atoms with E-state index in [0.29, 0.717) is 38.6 Å². The quantitative estimate of drug-likeness (QED) is 0.612. The average Bonchev–Trinajstić information content (AvgIpc) is 2.73. The van der Waals surface area contributed by atoms with E-state index in [2.05, 4.69) is 0 Å². The summed E-state index contributed by atoms with van der Waals surface area (Å²) < 4.78 is 23.0. The molecule has 32 heavy (non-hydrogen) atoms. The maximum Gasteiger partial charge on any atom is 0.311 e. The van der Waals surface area contributed by atoms with E-state index in [9.17, 15) is 19.8 Å². The molecule has 0 aromatic carbocycles. The van der Waals surface area contributed by atoms with Crippen molar-refractivity contribution in [1.82, 2.24) is 4.90 Å². The Hall–Kier alpha value is -1.26. The summed E-state index contributed by atoms with van der Waals surface area (Å²) in [4.78, 5) is 26.5. The third kappa shape index (κ3) is 7.12. The number of carbonyl (C=O) groups excluding carboxylic acids is 2. The van der Waals surface area contributed by atoms with Gasteiger partial charge in [0.1, 0.15) is 12.7 Å². The van der Waals surface area contributed by atoms with Crippen LogP contribution in [0.1, 0.15) is 66.2 Å². The molecular weight excluding hydrogens is 418 g/mol. The van der Waals surface area contributed by atoms with Crippen molar-refractivity contribution >= 4 is 11.9 Å². The van der Waals surface area contributed by atoms with E-state index >= 15 is 0 Å². The van der Waals surface area contributed by atoms with E-state index in [-0.39, 0.29) is 18.9 Å². The van der Waals surface area contributed by atoms with Gasteiger partial charge in [-0.3, -0.25) is 9.59 Å². The molecule has 0 aromatic rings. The van der Waals surface area contributed by atoms with Crippen LogP contribution in [0.4, 0.5) is 0 Å². The van der Waals surface area contributed by atoms with E-state index in [1.165, 1.54) is 7.11 Å². The summed E-state index contributed by atoms with van der Waals surface area (Å²) in [5, 5.41) is 21.3. The lowest BCUT2D eigenvalue weighted by Gasteiger charge is -2.45. The number of esters is 1. The van der Waals surface area contributed by atoms with Gasteiger partial charge in [0.25, 0.3) is 0 Å². The number of hydrogen-bond acceptors (Lipinski definition) is 8. The predicted octanol–water partition coefficient (Wildman–Crippen LogP) is 1.63. The monoisotopic (exact) mass is 459 g/mol. The van der Waals surface area contributed by atoms with Crippen LogP contribution >= 0.6 is 0 Å². The first-order valence-electron chi connectivity index (χ1n) is 11.6. The normalized spacial score (nSPS) is 41.1. The maximum atomic E-state index is 12.7. The second-order valence-electron chi connectivity index (χ2n) is 9.77. The summed E-state index contributed by atoms with van der Waals surface area (Å²) in [6, 6.07) is 0. The van der Waals surface area contributed by atoms with Crippen LogP contribution in [0, 0.1) is 5.92 Å². The van der Waals surface area contributed by atoms with Gasteiger partial charge in [0.05, 0.1) is 35.7 Å². The van der Waals surface area contributed by atoms with Crippen LogP contribution in [0.2, 0.25) is 0 Å². The molecule has 0 radical (unpaired) electrons. The van der Waals surface area contributed by atoms with E-state index in [1.54, 1.807) is 39.6 Å². The second kappa shape index (κ2) is 11.2. The molecule has 0 aliphatic carbocycles. The van der Waals surface area contributed by atoms with Crippen molar-refractivity contribution in [2.24, 2.45) is 5.92 Å². The Bertz CT molecular complexity index is 641. The van der Waals surface area contributed by atoms with Crippen molar-refractivity contribution in [3.63, 3.8) is 0 Å². The van der Waals surface area contributed by atoms with Crippen molar-refractivity contribution in [2.45, 2.75) is 102 Å². The lowest BCUT2D eigenvalue weighted by molar-refractivity contribution is -0.292. The first-order chi connectivity index (χ1) is 14.9. The molecule has 2 heterocycles.